The molecule has 0 N–H and O–H groups in total. The second-order valence-electron chi connectivity index (χ2n) is 7.28. The Bertz CT molecular complexity index is 1250. The topological polar surface area (TPSA) is 43.3 Å². The molecule has 1 aliphatic rings. The van der Waals surface area contributed by atoms with Crippen LogP contribution in [0.3, 0.4) is 0 Å². The maximum atomic E-state index is 11.8. The zero-order valence-corrected chi connectivity index (χ0v) is 15.4. The van der Waals surface area contributed by atoms with Crippen molar-refractivity contribution in [2.45, 2.75) is 32.9 Å². The van der Waals surface area contributed by atoms with Gasteiger partial charge in [-0.1, -0.05) is 12.1 Å². The molecule has 1 unspecified atom stereocenters. The van der Waals surface area contributed by atoms with Crippen molar-refractivity contribution in [3.63, 3.8) is 0 Å². The minimum atomic E-state index is -0.316. The van der Waals surface area contributed by atoms with Crippen LogP contribution in [0.25, 0.3) is 21.9 Å². The molecule has 0 spiro atoms. The summed E-state index contributed by atoms with van der Waals surface area (Å²) in [5, 5.41) is 2.21. The Balaban J connectivity index is 1.54. The van der Waals surface area contributed by atoms with E-state index in [0.717, 1.165) is 35.2 Å². The van der Waals surface area contributed by atoms with Crippen LogP contribution in [-0.2, 0) is 13.0 Å². The smallest absolute Gasteiger partial charge is 0.336 e. The van der Waals surface area contributed by atoms with E-state index in [1.165, 1.54) is 16.5 Å². The van der Waals surface area contributed by atoms with Gasteiger partial charge in [0.25, 0.3) is 0 Å². The third-order valence-electron chi connectivity index (χ3n) is 5.42. The number of benzene rings is 2. The SMILES string of the molecule is Cc1cc(=O)oc2c(C)c3c(cc12)CC(C[n+]1cccc2ccccc21)O3. The summed E-state index contributed by atoms with van der Waals surface area (Å²) in [5.74, 6) is 0.863. The summed E-state index contributed by atoms with van der Waals surface area (Å²) in [4.78, 5) is 11.8. The number of hydrogen-bond donors (Lipinski definition) is 0. The van der Waals surface area contributed by atoms with Crippen molar-refractivity contribution in [1.29, 1.82) is 0 Å². The number of nitrogens with zero attached hydrogens (tertiary/aromatic N) is 1. The van der Waals surface area contributed by atoms with Gasteiger partial charge in [0.1, 0.15) is 11.3 Å². The normalized spacial score (nSPS) is 15.9. The molecule has 0 aliphatic carbocycles. The molecule has 1 atom stereocenters. The van der Waals surface area contributed by atoms with Gasteiger partial charge in [-0.05, 0) is 43.2 Å². The Hall–Kier alpha value is -3.14. The zero-order valence-electron chi connectivity index (χ0n) is 15.4. The number of fused-ring (bicyclic) bond motifs is 3. The number of pyridine rings is 1. The molecule has 0 amide bonds. The first kappa shape index (κ1) is 16.1. The number of aromatic nitrogens is 1. The number of rotatable bonds is 2. The molecule has 0 saturated carbocycles. The lowest BCUT2D eigenvalue weighted by Crippen LogP contribution is -2.41. The number of hydrogen-bond acceptors (Lipinski definition) is 3. The third-order valence-corrected chi connectivity index (χ3v) is 5.42. The largest absolute Gasteiger partial charge is 0.483 e. The molecule has 4 aromatic rings. The Morgan fingerprint density at radius 1 is 1.11 bits per heavy atom. The predicted molar refractivity (Wildman–Crippen MR) is 104 cm³/mol. The first-order chi connectivity index (χ1) is 13.1. The quantitative estimate of drug-likeness (QED) is 0.404. The predicted octanol–water partition coefficient (Wildman–Crippen LogP) is 3.85. The molecule has 1 aliphatic heterocycles. The second-order valence-corrected chi connectivity index (χ2v) is 7.28. The molecule has 27 heavy (non-hydrogen) atoms. The molecule has 0 radical (unpaired) electrons. The molecule has 4 nitrogen and oxygen atoms in total. The monoisotopic (exact) mass is 358 g/mol. The van der Waals surface area contributed by atoms with Crippen molar-refractivity contribution in [3.8, 4) is 5.75 Å². The summed E-state index contributed by atoms with van der Waals surface area (Å²) in [7, 11) is 0. The van der Waals surface area contributed by atoms with Gasteiger partial charge in [-0.3, -0.25) is 0 Å². The van der Waals surface area contributed by atoms with Crippen molar-refractivity contribution in [2.75, 3.05) is 0 Å². The summed E-state index contributed by atoms with van der Waals surface area (Å²) in [6, 6.07) is 16.2. The van der Waals surface area contributed by atoms with Crippen molar-refractivity contribution >= 4 is 21.9 Å². The van der Waals surface area contributed by atoms with Gasteiger partial charge in [0.2, 0.25) is 5.52 Å². The van der Waals surface area contributed by atoms with Gasteiger partial charge in [0.15, 0.2) is 18.8 Å². The van der Waals surface area contributed by atoms with Crippen LogP contribution < -0.4 is 14.9 Å². The molecule has 0 saturated heterocycles. The van der Waals surface area contributed by atoms with Crippen molar-refractivity contribution in [3.05, 3.63) is 81.8 Å². The van der Waals surface area contributed by atoms with Crippen LogP contribution in [0.15, 0.2) is 63.9 Å². The van der Waals surface area contributed by atoms with Crippen LogP contribution in [-0.4, -0.2) is 6.10 Å². The number of aryl methyl sites for hydroxylation is 2. The van der Waals surface area contributed by atoms with E-state index >= 15 is 0 Å². The first-order valence-corrected chi connectivity index (χ1v) is 9.21. The molecule has 0 fully saturated rings. The fraction of sp³-hybridized carbons (Fsp3) is 0.217. The Labute approximate surface area is 156 Å². The molecule has 5 rings (SSSR count). The lowest BCUT2D eigenvalue weighted by molar-refractivity contribution is -0.677. The molecular weight excluding hydrogens is 338 g/mol. The Kier molecular flexibility index (Phi) is 3.54. The van der Waals surface area contributed by atoms with Crippen LogP contribution in [0.1, 0.15) is 16.7 Å². The van der Waals surface area contributed by atoms with Crippen LogP contribution in [0, 0.1) is 13.8 Å². The van der Waals surface area contributed by atoms with Crippen molar-refractivity contribution in [1.82, 2.24) is 0 Å². The van der Waals surface area contributed by atoms with E-state index in [1.807, 2.05) is 13.8 Å². The van der Waals surface area contributed by atoms with Gasteiger partial charge in [-0.25, -0.2) is 4.79 Å². The Morgan fingerprint density at radius 2 is 1.93 bits per heavy atom. The van der Waals surface area contributed by atoms with Crippen LogP contribution >= 0.6 is 0 Å². The van der Waals surface area contributed by atoms with Crippen LogP contribution in [0.2, 0.25) is 0 Å². The maximum absolute atomic E-state index is 11.8. The Morgan fingerprint density at radius 3 is 2.81 bits per heavy atom. The number of ether oxygens (including phenoxy) is 1. The summed E-state index contributed by atoms with van der Waals surface area (Å²) in [6.07, 6.45) is 3.00. The van der Waals surface area contributed by atoms with E-state index in [9.17, 15) is 4.79 Å². The highest BCUT2D eigenvalue weighted by atomic mass is 16.5. The summed E-state index contributed by atoms with van der Waals surface area (Å²) in [6.45, 7) is 4.69. The second kappa shape index (κ2) is 5.95. The molecule has 3 heterocycles. The minimum Gasteiger partial charge on any atom is -0.483 e. The van der Waals surface area contributed by atoms with E-state index in [4.69, 9.17) is 9.15 Å². The summed E-state index contributed by atoms with van der Waals surface area (Å²) in [5.41, 5.74) is 4.56. The maximum Gasteiger partial charge on any atom is 0.336 e. The molecule has 2 aromatic heterocycles. The fourth-order valence-electron chi connectivity index (χ4n) is 4.13. The zero-order chi connectivity index (χ0) is 18.5. The average molecular weight is 358 g/mol. The fourth-order valence-corrected chi connectivity index (χ4v) is 4.13. The highest BCUT2D eigenvalue weighted by Gasteiger charge is 2.30. The lowest BCUT2D eigenvalue weighted by Gasteiger charge is -2.10. The average Bonchev–Trinajstić information content (AvgIpc) is 3.06. The van der Waals surface area contributed by atoms with Crippen LogP contribution in [0.4, 0.5) is 0 Å². The van der Waals surface area contributed by atoms with E-state index < -0.39 is 0 Å². The van der Waals surface area contributed by atoms with E-state index in [2.05, 4.69) is 53.2 Å². The third kappa shape index (κ3) is 2.60. The van der Waals surface area contributed by atoms with E-state index in [0.29, 0.717) is 5.58 Å². The van der Waals surface area contributed by atoms with Gasteiger partial charge in [-0.2, -0.15) is 4.57 Å². The van der Waals surface area contributed by atoms with Crippen molar-refractivity contribution < 1.29 is 13.7 Å². The molecule has 134 valence electrons. The summed E-state index contributed by atoms with van der Waals surface area (Å²) < 4.78 is 14.0. The molecular formula is C23H20NO3+. The van der Waals surface area contributed by atoms with Gasteiger partial charge in [0.05, 0.1) is 0 Å². The van der Waals surface area contributed by atoms with Gasteiger partial charge < -0.3 is 9.15 Å². The first-order valence-electron chi connectivity index (χ1n) is 9.21. The van der Waals surface area contributed by atoms with Gasteiger partial charge in [-0.15, -0.1) is 0 Å². The highest BCUT2D eigenvalue weighted by molar-refractivity contribution is 5.86. The van der Waals surface area contributed by atoms with E-state index in [-0.39, 0.29) is 11.7 Å². The lowest BCUT2D eigenvalue weighted by atomic mass is 10.0. The van der Waals surface area contributed by atoms with Gasteiger partial charge in [0, 0.05) is 41.0 Å². The van der Waals surface area contributed by atoms with Gasteiger partial charge >= 0.3 is 5.63 Å². The summed E-state index contributed by atoms with van der Waals surface area (Å²) >= 11 is 0. The molecule has 2 aromatic carbocycles. The minimum absolute atomic E-state index is 0.0540. The highest BCUT2D eigenvalue weighted by Crippen LogP contribution is 2.38. The van der Waals surface area contributed by atoms with Crippen molar-refractivity contribution in [2.24, 2.45) is 0 Å². The van der Waals surface area contributed by atoms with E-state index in [1.54, 1.807) is 6.07 Å². The standard InChI is InChI=1S/C23H20NO3/c1-14-10-21(25)27-23-15(2)22-17(12-19(14)23)11-18(26-22)13-24-9-5-7-16-6-3-4-8-20(16)24/h3-10,12,18H,11,13H2,1-2H3/q+1. The molecule has 4 heteroatoms. The van der Waals surface area contributed by atoms with Crippen LogP contribution in [0.5, 0.6) is 5.75 Å². The number of para-hydroxylation sites is 1. The molecule has 0 bridgehead atoms.